The maximum atomic E-state index is 11.0. The van der Waals surface area contributed by atoms with Gasteiger partial charge in [-0.15, -0.1) is 11.6 Å². The van der Waals surface area contributed by atoms with Crippen LogP contribution in [0.3, 0.4) is 0 Å². The number of piperidine rings is 1. The number of hydrogen-bond acceptors (Lipinski definition) is 1. The fraction of sp³-hybridized carbons (Fsp3) is 0.875. The Bertz CT molecular complexity index is 149. The smallest absolute Gasteiger partial charge is 0.219 e. The summed E-state index contributed by atoms with van der Waals surface area (Å²) in [5, 5.41) is 0. The van der Waals surface area contributed by atoms with E-state index in [9.17, 15) is 4.79 Å². The van der Waals surface area contributed by atoms with Gasteiger partial charge in [0.2, 0.25) is 5.91 Å². The van der Waals surface area contributed by atoms with Gasteiger partial charge in [-0.25, -0.2) is 0 Å². The molecule has 1 amide bonds. The lowest BCUT2D eigenvalue weighted by Gasteiger charge is -2.33. The summed E-state index contributed by atoms with van der Waals surface area (Å²) in [4.78, 5) is 12.9. The zero-order valence-electron chi connectivity index (χ0n) is 6.85. The Kier molecular flexibility index (Phi) is 3.18. The van der Waals surface area contributed by atoms with Crippen LogP contribution in [0.2, 0.25) is 0 Å². The van der Waals surface area contributed by atoms with Crippen LogP contribution in [0.5, 0.6) is 0 Å². The van der Waals surface area contributed by atoms with E-state index in [1.54, 1.807) is 6.92 Å². The molecule has 2 nitrogen and oxygen atoms in total. The number of rotatable bonds is 1. The summed E-state index contributed by atoms with van der Waals surface area (Å²) in [7, 11) is 0. The maximum Gasteiger partial charge on any atom is 0.219 e. The molecule has 1 heterocycles. The van der Waals surface area contributed by atoms with Crippen LogP contribution in [-0.4, -0.2) is 29.3 Å². The molecule has 0 radical (unpaired) electrons. The molecule has 1 aliphatic heterocycles. The molecule has 0 aliphatic carbocycles. The van der Waals surface area contributed by atoms with Gasteiger partial charge in [0.05, 0.1) is 0 Å². The molecule has 0 aromatic rings. The first-order valence-corrected chi connectivity index (χ1v) is 4.62. The summed E-state index contributed by atoms with van der Waals surface area (Å²) in [6.45, 7) is 2.51. The SMILES string of the molecule is CC(=O)N1CCCCC1CCl. The molecule has 1 rings (SSSR count). The predicted molar refractivity (Wildman–Crippen MR) is 45.7 cm³/mol. The normalized spacial score (nSPS) is 25.3. The van der Waals surface area contributed by atoms with Crippen molar-refractivity contribution in [2.75, 3.05) is 12.4 Å². The molecule has 1 unspecified atom stereocenters. The molecule has 64 valence electrons. The van der Waals surface area contributed by atoms with Crippen LogP contribution in [-0.2, 0) is 4.79 Å². The number of likely N-dealkylation sites (tertiary alicyclic amines) is 1. The van der Waals surface area contributed by atoms with Crippen molar-refractivity contribution in [1.29, 1.82) is 0 Å². The van der Waals surface area contributed by atoms with E-state index in [1.165, 1.54) is 6.42 Å². The van der Waals surface area contributed by atoms with Gasteiger partial charge in [-0.1, -0.05) is 0 Å². The van der Waals surface area contributed by atoms with Gasteiger partial charge < -0.3 is 4.90 Å². The Morgan fingerprint density at radius 2 is 2.36 bits per heavy atom. The van der Waals surface area contributed by atoms with E-state index in [1.807, 2.05) is 4.90 Å². The van der Waals surface area contributed by atoms with E-state index in [0.717, 1.165) is 19.4 Å². The topological polar surface area (TPSA) is 20.3 Å². The molecule has 0 aromatic heterocycles. The largest absolute Gasteiger partial charge is 0.339 e. The fourth-order valence-corrected chi connectivity index (χ4v) is 1.90. The number of amides is 1. The van der Waals surface area contributed by atoms with Gasteiger partial charge in [-0.05, 0) is 19.3 Å². The summed E-state index contributed by atoms with van der Waals surface area (Å²) >= 11 is 5.73. The third-order valence-corrected chi connectivity index (χ3v) is 2.57. The van der Waals surface area contributed by atoms with Gasteiger partial charge in [0.25, 0.3) is 0 Å². The first-order chi connectivity index (χ1) is 5.25. The van der Waals surface area contributed by atoms with E-state index in [-0.39, 0.29) is 5.91 Å². The van der Waals surface area contributed by atoms with Crippen LogP contribution in [0.25, 0.3) is 0 Å². The van der Waals surface area contributed by atoms with Gasteiger partial charge in [0, 0.05) is 25.4 Å². The summed E-state index contributed by atoms with van der Waals surface area (Å²) in [6.07, 6.45) is 3.41. The number of hydrogen-bond donors (Lipinski definition) is 0. The molecule has 11 heavy (non-hydrogen) atoms. The minimum absolute atomic E-state index is 0.162. The molecule has 3 heteroatoms. The van der Waals surface area contributed by atoms with E-state index in [2.05, 4.69) is 0 Å². The lowest BCUT2D eigenvalue weighted by Crippen LogP contribution is -2.43. The number of halogens is 1. The van der Waals surface area contributed by atoms with Gasteiger partial charge in [0.1, 0.15) is 0 Å². The zero-order valence-corrected chi connectivity index (χ0v) is 7.60. The molecule has 1 atom stereocenters. The van der Waals surface area contributed by atoms with Gasteiger partial charge in [-0.2, -0.15) is 0 Å². The lowest BCUT2D eigenvalue weighted by atomic mass is 10.0. The highest BCUT2D eigenvalue weighted by Gasteiger charge is 2.22. The maximum absolute atomic E-state index is 11.0. The van der Waals surface area contributed by atoms with E-state index >= 15 is 0 Å². The van der Waals surface area contributed by atoms with Crippen molar-refractivity contribution in [3.05, 3.63) is 0 Å². The third kappa shape index (κ3) is 2.09. The minimum Gasteiger partial charge on any atom is -0.339 e. The molecule has 0 spiro atoms. The van der Waals surface area contributed by atoms with Crippen molar-refractivity contribution >= 4 is 17.5 Å². The summed E-state index contributed by atoms with van der Waals surface area (Å²) in [6, 6.07) is 0.294. The molecule has 0 aromatic carbocycles. The Morgan fingerprint density at radius 3 is 2.82 bits per heavy atom. The van der Waals surface area contributed by atoms with Crippen molar-refractivity contribution in [2.45, 2.75) is 32.2 Å². The van der Waals surface area contributed by atoms with Crippen molar-refractivity contribution < 1.29 is 4.79 Å². The second-order valence-corrected chi connectivity index (χ2v) is 3.32. The summed E-state index contributed by atoms with van der Waals surface area (Å²) in [5.41, 5.74) is 0. The molecule has 1 aliphatic rings. The third-order valence-electron chi connectivity index (χ3n) is 2.21. The van der Waals surface area contributed by atoms with Crippen molar-refractivity contribution in [1.82, 2.24) is 4.90 Å². The predicted octanol–water partition coefficient (Wildman–Crippen LogP) is 1.63. The molecule has 0 saturated carbocycles. The second kappa shape index (κ2) is 3.96. The monoisotopic (exact) mass is 175 g/mol. The van der Waals surface area contributed by atoms with E-state index in [0.29, 0.717) is 11.9 Å². The number of carbonyl (C=O) groups excluding carboxylic acids is 1. The molecule has 1 saturated heterocycles. The van der Waals surface area contributed by atoms with Gasteiger partial charge >= 0.3 is 0 Å². The molecule has 0 N–H and O–H groups in total. The average molecular weight is 176 g/mol. The van der Waals surface area contributed by atoms with Crippen LogP contribution in [0.1, 0.15) is 26.2 Å². The van der Waals surface area contributed by atoms with Crippen LogP contribution in [0.4, 0.5) is 0 Å². The lowest BCUT2D eigenvalue weighted by molar-refractivity contribution is -0.131. The Labute approximate surface area is 72.5 Å². The first-order valence-electron chi connectivity index (χ1n) is 4.09. The highest BCUT2D eigenvalue weighted by molar-refractivity contribution is 6.18. The summed E-state index contributed by atoms with van der Waals surface area (Å²) in [5.74, 6) is 0.745. The standard InChI is InChI=1S/C8H14ClNO/c1-7(11)10-5-3-2-4-8(10)6-9/h8H,2-6H2,1H3. The average Bonchev–Trinajstić information content (AvgIpc) is 2.04. The number of alkyl halides is 1. The Hall–Kier alpha value is -0.240. The van der Waals surface area contributed by atoms with Crippen LogP contribution >= 0.6 is 11.6 Å². The minimum atomic E-state index is 0.162. The Morgan fingerprint density at radius 1 is 1.64 bits per heavy atom. The van der Waals surface area contributed by atoms with Gasteiger partial charge in [0.15, 0.2) is 0 Å². The van der Waals surface area contributed by atoms with Crippen LogP contribution < -0.4 is 0 Å². The highest BCUT2D eigenvalue weighted by atomic mass is 35.5. The van der Waals surface area contributed by atoms with Crippen LogP contribution in [0, 0.1) is 0 Å². The molecular weight excluding hydrogens is 162 g/mol. The second-order valence-electron chi connectivity index (χ2n) is 3.02. The van der Waals surface area contributed by atoms with Gasteiger partial charge in [-0.3, -0.25) is 4.79 Å². The molecule has 1 fully saturated rings. The number of nitrogens with zero attached hydrogens (tertiary/aromatic N) is 1. The van der Waals surface area contributed by atoms with E-state index in [4.69, 9.17) is 11.6 Å². The van der Waals surface area contributed by atoms with Crippen molar-refractivity contribution in [3.8, 4) is 0 Å². The Balaban J connectivity index is 2.51. The first kappa shape index (κ1) is 8.85. The quantitative estimate of drug-likeness (QED) is 0.555. The fourth-order valence-electron chi connectivity index (χ4n) is 1.58. The summed E-state index contributed by atoms with van der Waals surface area (Å²) < 4.78 is 0. The zero-order chi connectivity index (χ0) is 8.27. The number of carbonyl (C=O) groups is 1. The van der Waals surface area contributed by atoms with Crippen LogP contribution in [0.15, 0.2) is 0 Å². The highest BCUT2D eigenvalue weighted by Crippen LogP contribution is 2.17. The molecule has 0 bridgehead atoms. The molecular formula is C8H14ClNO. The van der Waals surface area contributed by atoms with Crippen molar-refractivity contribution in [3.63, 3.8) is 0 Å². The van der Waals surface area contributed by atoms with Crippen molar-refractivity contribution in [2.24, 2.45) is 0 Å². The van der Waals surface area contributed by atoms with E-state index < -0.39 is 0 Å².